The van der Waals surface area contributed by atoms with Gasteiger partial charge in [0.15, 0.2) is 5.96 Å². The van der Waals surface area contributed by atoms with Gasteiger partial charge in [-0.2, -0.15) is 5.10 Å². The van der Waals surface area contributed by atoms with Crippen molar-refractivity contribution in [3.63, 3.8) is 0 Å². The molecule has 6 heteroatoms. The van der Waals surface area contributed by atoms with Crippen molar-refractivity contribution >= 4 is 5.96 Å². The highest BCUT2D eigenvalue weighted by Gasteiger charge is 2.18. The number of aliphatic imine (C=N–C) groups is 1. The van der Waals surface area contributed by atoms with E-state index in [9.17, 15) is 0 Å². The van der Waals surface area contributed by atoms with Gasteiger partial charge in [-0.15, -0.1) is 0 Å². The lowest BCUT2D eigenvalue weighted by molar-refractivity contribution is 0.297. The number of likely N-dealkylation sites (N-methyl/N-ethyl adjacent to an activating group) is 1. The van der Waals surface area contributed by atoms with Gasteiger partial charge in [0.1, 0.15) is 0 Å². The molecule has 2 rings (SSSR count). The number of hydrogen-bond acceptors (Lipinski definition) is 3. The third-order valence-electron chi connectivity index (χ3n) is 5.54. The molecule has 148 valence electrons. The summed E-state index contributed by atoms with van der Waals surface area (Å²) in [4.78, 5) is 6.62. The van der Waals surface area contributed by atoms with Crippen molar-refractivity contribution in [1.29, 1.82) is 0 Å². The molecular formula is C20H38N6. The Morgan fingerprint density at radius 3 is 2.65 bits per heavy atom. The number of aromatic nitrogens is 2. The first-order chi connectivity index (χ1) is 12.5. The van der Waals surface area contributed by atoms with Crippen molar-refractivity contribution < 1.29 is 0 Å². The van der Waals surface area contributed by atoms with Crippen LogP contribution in [0.25, 0.3) is 0 Å². The SMILES string of the molecule is CN=C(NCC(c1cnn(C)c1)N(C)C)NC(C)CCC1CCCCC1. The summed E-state index contributed by atoms with van der Waals surface area (Å²) in [5.74, 6) is 1.82. The minimum Gasteiger partial charge on any atom is -0.354 e. The predicted molar refractivity (Wildman–Crippen MR) is 109 cm³/mol. The van der Waals surface area contributed by atoms with Crippen molar-refractivity contribution in [1.82, 2.24) is 25.3 Å². The third kappa shape index (κ3) is 6.63. The van der Waals surface area contributed by atoms with Gasteiger partial charge < -0.3 is 15.5 Å². The summed E-state index contributed by atoms with van der Waals surface area (Å²) in [6.45, 7) is 3.06. The second-order valence-corrected chi connectivity index (χ2v) is 8.01. The molecule has 1 aromatic heterocycles. The molecule has 0 aliphatic heterocycles. The van der Waals surface area contributed by atoms with Crippen LogP contribution in [0.1, 0.15) is 63.5 Å². The Kier molecular flexibility index (Phi) is 8.42. The van der Waals surface area contributed by atoms with Gasteiger partial charge in [0, 0.05) is 38.4 Å². The van der Waals surface area contributed by atoms with E-state index >= 15 is 0 Å². The molecule has 0 radical (unpaired) electrons. The van der Waals surface area contributed by atoms with E-state index in [2.05, 4.69) is 52.8 Å². The van der Waals surface area contributed by atoms with Crippen LogP contribution in [0, 0.1) is 5.92 Å². The zero-order valence-electron chi connectivity index (χ0n) is 17.3. The molecule has 0 bridgehead atoms. The average Bonchev–Trinajstić information content (AvgIpc) is 3.05. The van der Waals surface area contributed by atoms with E-state index in [0.717, 1.165) is 18.4 Å². The molecule has 0 amide bonds. The standard InChI is InChI=1S/C20H38N6/c1-16(11-12-17-9-7-6-8-10-17)24-20(21-2)22-14-19(25(3)4)18-13-23-26(5)15-18/h13,15-17,19H,6-12,14H2,1-5H3,(H2,21,22,24). The fourth-order valence-electron chi connectivity index (χ4n) is 3.87. The fourth-order valence-corrected chi connectivity index (χ4v) is 3.87. The van der Waals surface area contributed by atoms with Crippen LogP contribution >= 0.6 is 0 Å². The minimum atomic E-state index is 0.264. The van der Waals surface area contributed by atoms with Crippen molar-refractivity contribution in [3.05, 3.63) is 18.0 Å². The number of guanidine groups is 1. The van der Waals surface area contributed by atoms with E-state index in [0.29, 0.717) is 6.04 Å². The van der Waals surface area contributed by atoms with Gasteiger partial charge in [-0.25, -0.2) is 0 Å². The van der Waals surface area contributed by atoms with Crippen LogP contribution in [0.15, 0.2) is 17.4 Å². The predicted octanol–water partition coefficient (Wildman–Crippen LogP) is 2.94. The van der Waals surface area contributed by atoms with Gasteiger partial charge in [0.25, 0.3) is 0 Å². The van der Waals surface area contributed by atoms with E-state index < -0.39 is 0 Å². The first kappa shape index (κ1) is 20.7. The summed E-state index contributed by atoms with van der Waals surface area (Å²) in [6, 6.07) is 0.708. The lowest BCUT2D eigenvalue weighted by Gasteiger charge is -2.26. The highest BCUT2D eigenvalue weighted by atomic mass is 15.3. The molecule has 6 nitrogen and oxygen atoms in total. The molecule has 1 aliphatic carbocycles. The average molecular weight is 363 g/mol. The van der Waals surface area contributed by atoms with Crippen LogP contribution in [-0.4, -0.2) is 54.4 Å². The molecule has 2 unspecified atom stereocenters. The monoisotopic (exact) mass is 362 g/mol. The molecule has 1 aromatic rings. The Morgan fingerprint density at radius 2 is 2.08 bits per heavy atom. The van der Waals surface area contributed by atoms with Crippen molar-refractivity contribution in [2.24, 2.45) is 18.0 Å². The molecule has 2 atom stereocenters. The van der Waals surface area contributed by atoms with Crippen LogP contribution in [0.5, 0.6) is 0 Å². The molecule has 1 fully saturated rings. The normalized spacial score (nSPS) is 18.8. The minimum absolute atomic E-state index is 0.264. The van der Waals surface area contributed by atoms with E-state index in [1.165, 1.54) is 50.5 Å². The molecule has 0 aromatic carbocycles. The fraction of sp³-hybridized carbons (Fsp3) is 0.800. The van der Waals surface area contributed by atoms with Crippen LogP contribution < -0.4 is 10.6 Å². The Labute approximate surface area is 159 Å². The van der Waals surface area contributed by atoms with Gasteiger partial charge in [-0.3, -0.25) is 9.67 Å². The van der Waals surface area contributed by atoms with E-state index in [4.69, 9.17) is 0 Å². The quantitative estimate of drug-likeness (QED) is 0.551. The largest absolute Gasteiger partial charge is 0.354 e. The molecule has 1 saturated carbocycles. The van der Waals surface area contributed by atoms with Gasteiger partial charge in [0.05, 0.1) is 12.2 Å². The smallest absolute Gasteiger partial charge is 0.191 e. The van der Waals surface area contributed by atoms with Gasteiger partial charge >= 0.3 is 0 Å². The lowest BCUT2D eigenvalue weighted by atomic mass is 9.85. The Hall–Kier alpha value is -1.56. The maximum absolute atomic E-state index is 4.41. The van der Waals surface area contributed by atoms with E-state index in [1.54, 1.807) is 0 Å². The Bertz CT molecular complexity index is 544. The Morgan fingerprint density at radius 1 is 1.35 bits per heavy atom. The second kappa shape index (κ2) is 10.6. The summed E-state index contributed by atoms with van der Waals surface area (Å²) in [5, 5.41) is 11.3. The molecule has 26 heavy (non-hydrogen) atoms. The summed E-state index contributed by atoms with van der Waals surface area (Å²) in [7, 11) is 8.00. The van der Waals surface area contributed by atoms with E-state index in [1.807, 2.05) is 25.0 Å². The topological polar surface area (TPSA) is 57.5 Å². The van der Waals surface area contributed by atoms with Crippen LogP contribution in [0.2, 0.25) is 0 Å². The summed E-state index contributed by atoms with van der Waals surface area (Å²) in [5.41, 5.74) is 1.21. The maximum atomic E-state index is 4.41. The van der Waals surface area contributed by atoms with E-state index in [-0.39, 0.29) is 6.04 Å². The zero-order chi connectivity index (χ0) is 18.9. The summed E-state index contributed by atoms with van der Waals surface area (Å²) >= 11 is 0. The van der Waals surface area contributed by atoms with Gasteiger partial charge in [-0.05, 0) is 39.8 Å². The highest BCUT2D eigenvalue weighted by molar-refractivity contribution is 5.79. The first-order valence-corrected chi connectivity index (χ1v) is 10.1. The summed E-state index contributed by atoms with van der Waals surface area (Å²) < 4.78 is 1.85. The van der Waals surface area contributed by atoms with Gasteiger partial charge in [0.2, 0.25) is 0 Å². The molecule has 1 heterocycles. The molecule has 0 saturated heterocycles. The zero-order valence-corrected chi connectivity index (χ0v) is 17.3. The van der Waals surface area contributed by atoms with Crippen molar-refractivity contribution in [2.45, 2.75) is 64.0 Å². The maximum Gasteiger partial charge on any atom is 0.191 e. The first-order valence-electron chi connectivity index (χ1n) is 10.1. The number of nitrogens with one attached hydrogen (secondary N) is 2. The number of hydrogen-bond donors (Lipinski definition) is 2. The van der Waals surface area contributed by atoms with Crippen LogP contribution in [0.3, 0.4) is 0 Å². The molecule has 0 spiro atoms. The van der Waals surface area contributed by atoms with Crippen molar-refractivity contribution in [3.8, 4) is 0 Å². The molecule has 1 aliphatic rings. The number of nitrogens with zero attached hydrogens (tertiary/aromatic N) is 4. The molecule has 2 N–H and O–H groups in total. The van der Waals surface area contributed by atoms with Crippen molar-refractivity contribution in [2.75, 3.05) is 27.7 Å². The van der Waals surface area contributed by atoms with Gasteiger partial charge in [-0.1, -0.05) is 32.1 Å². The number of rotatable bonds is 8. The molecular weight excluding hydrogens is 324 g/mol. The number of aryl methyl sites for hydroxylation is 1. The van der Waals surface area contributed by atoms with Crippen LogP contribution in [0.4, 0.5) is 0 Å². The van der Waals surface area contributed by atoms with Crippen LogP contribution in [-0.2, 0) is 7.05 Å². The highest BCUT2D eigenvalue weighted by Crippen LogP contribution is 2.27. The second-order valence-electron chi connectivity index (χ2n) is 8.01. The Balaban J connectivity index is 1.78. The lowest BCUT2D eigenvalue weighted by Crippen LogP contribution is -2.45. The third-order valence-corrected chi connectivity index (χ3v) is 5.54. The summed E-state index contributed by atoms with van der Waals surface area (Å²) in [6.07, 6.45) is 13.7.